The van der Waals surface area contributed by atoms with Gasteiger partial charge in [0.2, 0.25) is 5.91 Å². The van der Waals surface area contributed by atoms with Gasteiger partial charge in [0, 0.05) is 17.6 Å². The number of fused-ring (bicyclic) bond motifs is 1. The number of aromatic nitrogens is 2. The SMILES string of the molecule is COc1ccc(-c2nc3ccc(F)cc3n2CC(=O)N(C2CCCCC2)C2CCCCC2)cc1. The molecule has 180 valence electrons. The molecule has 0 N–H and O–H groups in total. The van der Waals surface area contributed by atoms with Crippen LogP contribution >= 0.6 is 0 Å². The maximum Gasteiger partial charge on any atom is 0.243 e. The van der Waals surface area contributed by atoms with Crippen molar-refractivity contribution in [1.29, 1.82) is 0 Å². The average Bonchev–Trinajstić information content (AvgIpc) is 3.23. The number of carbonyl (C=O) groups excluding carboxylic acids is 1. The van der Waals surface area contributed by atoms with Crippen molar-refractivity contribution >= 4 is 16.9 Å². The average molecular weight is 464 g/mol. The standard InChI is InChI=1S/C28H34FN3O2/c1-34-24-15-12-20(13-16-24)28-30-25-17-14-21(29)18-26(25)31(28)19-27(33)32(22-8-4-2-5-9-22)23-10-6-3-7-11-23/h12-18,22-23H,2-11,19H2,1H3. The van der Waals surface area contributed by atoms with Crippen LogP contribution in [0.1, 0.15) is 64.2 Å². The highest BCUT2D eigenvalue weighted by molar-refractivity contribution is 5.85. The molecule has 0 bridgehead atoms. The molecule has 6 heteroatoms. The van der Waals surface area contributed by atoms with Crippen molar-refractivity contribution in [3.8, 4) is 17.1 Å². The van der Waals surface area contributed by atoms with Crippen LogP contribution in [0.4, 0.5) is 4.39 Å². The normalized spacial score (nSPS) is 17.7. The topological polar surface area (TPSA) is 47.4 Å². The van der Waals surface area contributed by atoms with E-state index in [0.717, 1.165) is 37.0 Å². The van der Waals surface area contributed by atoms with Gasteiger partial charge < -0.3 is 14.2 Å². The number of imidazole rings is 1. The summed E-state index contributed by atoms with van der Waals surface area (Å²) in [5.74, 6) is 1.26. The zero-order valence-corrected chi connectivity index (χ0v) is 20.0. The van der Waals surface area contributed by atoms with Crippen LogP contribution in [-0.2, 0) is 11.3 Å². The molecule has 1 aromatic heterocycles. The van der Waals surface area contributed by atoms with Gasteiger partial charge in [-0.2, -0.15) is 0 Å². The number of amides is 1. The fourth-order valence-corrected chi connectivity index (χ4v) is 5.86. The van der Waals surface area contributed by atoms with E-state index in [1.54, 1.807) is 13.2 Å². The summed E-state index contributed by atoms with van der Waals surface area (Å²) in [6, 6.07) is 12.9. The molecule has 2 aliphatic carbocycles. The van der Waals surface area contributed by atoms with E-state index in [9.17, 15) is 9.18 Å². The summed E-state index contributed by atoms with van der Waals surface area (Å²) >= 11 is 0. The molecule has 0 aliphatic heterocycles. The Morgan fingerprint density at radius 2 is 1.59 bits per heavy atom. The number of rotatable bonds is 6. The predicted octanol–water partition coefficient (Wildman–Crippen LogP) is 6.35. The van der Waals surface area contributed by atoms with Crippen molar-refractivity contribution in [1.82, 2.24) is 14.5 Å². The summed E-state index contributed by atoms with van der Waals surface area (Å²) in [6.45, 7) is 0.175. The van der Waals surface area contributed by atoms with E-state index in [1.807, 2.05) is 28.8 Å². The number of nitrogens with zero attached hydrogens (tertiary/aromatic N) is 3. The summed E-state index contributed by atoms with van der Waals surface area (Å²) in [7, 11) is 1.64. The van der Waals surface area contributed by atoms with Crippen LogP contribution in [0.5, 0.6) is 5.75 Å². The van der Waals surface area contributed by atoms with Crippen molar-refractivity contribution in [3.63, 3.8) is 0 Å². The van der Waals surface area contributed by atoms with E-state index in [-0.39, 0.29) is 18.3 Å². The van der Waals surface area contributed by atoms with E-state index < -0.39 is 0 Å². The molecule has 5 nitrogen and oxygen atoms in total. The maximum atomic E-state index is 14.3. The summed E-state index contributed by atoms with van der Waals surface area (Å²) in [5.41, 5.74) is 2.24. The van der Waals surface area contributed by atoms with Crippen LogP contribution in [0.15, 0.2) is 42.5 Å². The van der Waals surface area contributed by atoms with Gasteiger partial charge >= 0.3 is 0 Å². The molecule has 3 aromatic rings. The summed E-state index contributed by atoms with van der Waals surface area (Å²) in [4.78, 5) is 21.0. The molecule has 0 unspecified atom stereocenters. The third-order valence-corrected chi connectivity index (χ3v) is 7.58. The van der Waals surface area contributed by atoms with Crippen LogP contribution in [0.3, 0.4) is 0 Å². The third-order valence-electron chi connectivity index (χ3n) is 7.58. The number of benzene rings is 2. The molecule has 0 radical (unpaired) electrons. The number of hydrogen-bond acceptors (Lipinski definition) is 3. The van der Waals surface area contributed by atoms with Gasteiger partial charge in [-0.05, 0) is 68.1 Å². The van der Waals surface area contributed by atoms with E-state index in [1.165, 1.54) is 50.7 Å². The van der Waals surface area contributed by atoms with Crippen LogP contribution in [0, 0.1) is 5.82 Å². The zero-order chi connectivity index (χ0) is 23.5. The number of halogens is 1. The van der Waals surface area contributed by atoms with E-state index in [0.29, 0.717) is 28.9 Å². The minimum atomic E-state index is -0.321. The lowest BCUT2D eigenvalue weighted by atomic mass is 9.88. The first-order chi connectivity index (χ1) is 16.6. The first-order valence-corrected chi connectivity index (χ1v) is 12.8. The summed E-state index contributed by atoms with van der Waals surface area (Å²) < 4.78 is 21.5. The Hall–Kier alpha value is -2.89. The number of hydrogen-bond donors (Lipinski definition) is 0. The first kappa shape index (κ1) is 22.9. The lowest BCUT2D eigenvalue weighted by molar-refractivity contribution is -0.138. The van der Waals surface area contributed by atoms with Gasteiger partial charge in [-0.3, -0.25) is 4.79 Å². The molecule has 0 saturated heterocycles. The second-order valence-electron chi connectivity index (χ2n) is 9.77. The smallest absolute Gasteiger partial charge is 0.243 e. The Bertz CT molecular complexity index is 1110. The Morgan fingerprint density at radius 1 is 0.971 bits per heavy atom. The Morgan fingerprint density at radius 3 is 2.18 bits per heavy atom. The number of ether oxygens (including phenoxy) is 1. The van der Waals surface area contributed by atoms with Crippen LogP contribution in [0.2, 0.25) is 0 Å². The molecule has 2 aromatic carbocycles. The van der Waals surface area contributed by atoms with Crippen molar-refractivity contribution in [3.05, 3.63) is 48.3 Å². The minimum Gasteiger partial charge on any atom is -0.497 e. The maximum absolute atomic E-state index is 14.3. The van der Waals surface area contributed by atoms with Crippen molar-refractivity contribution in [2.24, 2.45) is 0 Å². The lowest BCUT2D eigenvalue weighted by Gasteiger charge is -2.42. The van der Waals surface area contributed by atoms with E-state index in [2.05, 4.69) is 4.90 Å². The molecule has 5 rings (SSSR count). The highest BCUT2D eigenvalue weighted by Crippen LogP contribution is 2.32. The second-order valence-corrected chi connectivity index (χ2v) is 9.77. The predicted molar refractivity (Wildman–Crippen MR) is 132 cm³/mol. The zero-order valence-electron chi connectivity index (χ0n) is 20.0. The molecule has 2 saturated carbocycles. The van der Waals surface area contributed by atoms with Gasteiger partial charge in [-0.25, -0.2) is 9.37 Å². The van der Waals surface area contributed by atoms with Gasteiger partial charge in [0.15, 0.2) is 0 Å². The van der Waals surface area contributed by atoms with Crippen LogP contribution in [-0.4, -0.2) is 39.6 Å². The highest BCUT2D eigenvalue weighted by Gasteiger charge is 2.33. The third kappa shape index (κ3) is 4.68. The van der Waals surface area contributed by atoms with Crippen LogP contribution in [0.25, 0.3) is 22.4 Å². The van der Waals surface area contributed by atoms with Crippen molar-refractivity contribution < 1.29 is 13.9 Å². The van der Waals surface area contributed by atoms with Gasteiger partial charge in [0.05, 0.1) is 18.1 Å². The second kappa shape index (κ2) is 10.2. The molecular weight excluding hydrogens is 429 g/mol. The van der Waals surface area contributed by atoms with Gasteiger partial charge in [-0.1, -0.05) is 38.5 Å². The fourth-order valence-electron chi connectivity index (χ4n) is 5.86. The van der Waals surface area contributed by atoms with Crippen molar-refractivity contribution in [2.75, 3.05) is 7.11 Å². The molecular formula is C28H34FN3O2. The van der Waals surface area contributed by atoms with E-state index >= 15 is 0 Å². The Kier molecular flexibility index (Phi) is 6.84. The lowest BCUT2D eigenvalue weighted by Crippen LogP contribution is -2.50. The summed E-state index contributed by atoms with van der Waals surface area (Å²) in [5, 5.41) is 0. The molecule has 1 heterocycles. The summed E-state index contributed by atoms with van der Waals surface area (Å²) in [6.07, 6.45) is 11.6. The fraction of sp³-hybridized carbons (Fsp3) is 0.500. The van der Waals surface area contributed by atoms with E-state index in [4.69, 9.17) is 9.72 Å². The van der Waals surface area contributed by atoms with Crippen molar-refractivity contribution in [2.45, 2.75) is 82.8 Å². The van der Waals surface area contributed by atoms with Crippen LogP contribution < -0.4 is 4.74 Å². The minimum absolute atomic E-state index is 0.136. The first-order valence-electron chi connectivity index (χ1n) is 12.8. The Labute approximate surface area is 200 Å². The molecule has 0 atom stereocenters. The molecule has 2 fully saturated rings. The molecule has 0 spiro atoms. The van der Waals surface area contributed by atoms with Gasteiger partial charge in [0.25, 0.3) is 0 Å². The number of methoxy groups -OCH3 is 1. The largest absolute Gasteiger partial charge is 0.497 e. The molecule has 1 amide bonds. The molecule has 2 aliphatic rings. The van der Waals surface area contributed by atoms with Gasteiger partial charge in [0.1, 0.15) is 23.9 Å². The quantitative estimate of drug-likeness (QED) is 0.428. The van der Waals surface area contributed by atoms with Gasteiger partial charge in [-0.15, -0.1) is 0 Å². The molecule has 34 heavy (non-hydrogen) atoms. The highest BCUT2D eigenvalue weighted by atomic mass is 19.1. The monoisotopic (exact) mass is 463 g/mol. The number of carbonyl (C=O) groups is 1. The Balaban J connectivity index is 1.52.